The minimum Gasteiger partial charge on any atom is -0.508 e. The van der Waals surface area contributed by atoms with Crippen molar-refractivity contribution in [1.29, 1.82) is 0 Å². The summed E-state index contributed by atoms with van der Waals surface area (Å²) in [7, 11) is 0. The zero-order valence-electron chi connectivity index (χ0n) is 11.2. The van der Waals surface area contributed by atoms with Crippen molar-refractivity contribution >= 4 is 0 Å². The van der Waals surface area contributed by atoms with E-state index in [1.165, 1.54) is 5.56 Å². The fraction of sp³-hybridized carbons (Fsp3) is 0.167. The maximum Gasteiger partial charge on any atom is 0.115 e. The molecular weight excluding hydrogens is 246 g/mol. The lowest BCUT2D eigenvalue weighted by atomic mass is 9.80. The molecule has 2 atom stereocenters. The molecule has 1 aromatic carbocycles. The number of hydrogen-bond acceptors (Lipinski definition) is 2. The van der Waals surface area contributed by atoms with Gasteiger partial charge >= 0.3 is 0 Å². The maximum absolute atomic E-state index is 9.48. The molecule has 2 heteroatoms. The summed E-state index contributed by atoms with van der Waals surface area (Å²) in [5, 5.41) is 9.48. The molecule has 0 fully saturated rings. The number of aromatic hydroxyl groups is 1. The Morgan fingerprint density at radius 2 is 1.90 bits per heavy atom. The summed E-state index contributed by atoms with van der Waals surface area (Å²) in [6.07, 6.45) is 11.5. The molecule has 0 saturated carbocycles. The van der Waals surface area contributed by atoms with Crippen molar-refractivity contribution in [2.45, 2.75) is 12.3 Å². The van der Waals surface area contributed by atoms with E-state index in [1.807, 2.05) is 30.5 Å². The second-order valence-corrected chi connectivity index (χ2v) is 5.04. The third-order valence-corrected chi connectivity index (χ3v) is 3.70. The zero-order chi connectivity index (χ0) is 13.8. The van der Waals surface area contributed by atoms with E-state index in [-0.39, 0.29) is 5.92 Å². The van der Waals surface area contributed by atoms with E-state index in [9.17, 15) is 5.11 Å². The molecule has 2 aromatic rings. The van der Waals surface area contributed by atoms with E-state index in [1.54, 1.807) is 12.1 Å². The van der Waals surface area contributed by atoms with E-state index in [0.717, 1.165) is 12.1 Å². The number of pyridine rings is 1. The topological polar surface area (TPSA) is 33.1 Å². The normalized spacial score (nSPS) is 18.9. The Balaban J connectivity index is 2.01. The smallest absolute Gasteiger partial charge is 0.115 e. The number of rotatable bonds is 3. The molecule has 20 heavy (non-hydrogen) atoms. The highest BCUT2D eigenvalue weighted by Crippen LogP contribution is 2.35. The van der Waals surface area contributed by atoms with Gasteiger partial charge in [0, 0.05) is 17.8 Å². The minimum atomic E-state index is 0.220. The molecule has 2 nitrogen and oxygen atoms in total. The minimum absolute atomic E-state index is 0.220. The van der Waals surface area contributed by atoms with Crippen LogP contribution in [-0.2, 0) is 0 Å². The van der Waals surface area contributed by atoms with Crippen LogP contribution in [0, 0.1) is 5.92 Å². The predicted molar refractivity (Wildman–Crippen MR) is 80.6 cm³/mol. The molecule has 2 unspecified atom stereocenters. The first-order valence-electron chi connectivity index (χ1n) is 6.88. The van der Waals surface area contributed by atoms with Gasteiger partial charge in [-0.1, -0.05) is 42.5 Å². The summed E-state index contributed by atoms with van der Waals surface area (Å²) in [5.41, 5.74) is 2.26. The standard InChI is InChI=1S/C18H17NO/c20-16-11-9-15(10-12-16)18(14-6-2-1-3-7-14)17-8-4-5-13-19-17/h1-6,8-14,18,20H,7H2. The van der Waals surface area contributed by atoms with Crippen molar-refractivity contribution in [2.24, 2.45) is 5.92 Å². The van der Waals surface area contributed by atoms with Crippen LogP contribution in [0.5, 0.6) is 5.75 Å². The predicted octanol–water partition coefficient (Wildman–Crippen LogP) is 4.05. The summed E-state index contributed by atoms with van der Waals surface area (Å²) >= 11 is 0. The van der Waals surface area contributed by atoms with Gasteiger partial charge in [-0.3, -0.25) is 4.98 Å². The molecule has 0 spiro atoms. The second kappa shape index (κ2) is 5.74. The molecule has 1 aliphatic carbocycles. The molecule has 1 aromatic heterocycles. The van der Waals surface area contributed by atoms with Crippen molar-refractivity contribution in [3.63, 3.8) is 0 Å². The third-order valence-electron chi connectivity index (χ3n) is 3.70. The van der Waals surface area contributed by atoms with Crippen LogP contribution in [0.1, 0.15) is 23.6 Å². The first-order valence-corrected chi connectivity index (χ1v) is 6.88. The quantitative estimate of drug-likeness (QED) is 0.906. The average Bonchev–Trinajstić information content (AvgIpc) is 2.52. The van der Waals surface area contributed by atoms with Crippen molar-refractivity contribution in [3.05, 3.63) is 84.2 Å². The zero-order valence-corrected chi connectivity index (χ0v) is 11.2. The largest absolute Gasteiger partial charge is 0.508 e. The Hall–Kier alpha value is -2.35. The highest BCUT2D eigenvalue weighted by Gasteiger charge is 2.24. The van der Waals surface area contributed by atoms with Gasteiger partial charge in [-0.05, 0) is 42.2 Å². The Labute approximate surface area is 119 Å². The molecule has 1 heterocycles. The van der Waals surface area contributed by atoms with Crippen LogP contribution in [0.2, 0.25) is 0 Å². The molecule has 0 aliphatic heterocycles. The SMILES string of the molecule is Oc1ccc(C(c2ccccn2)C2C=CC=CC2)cc1. The maximum atomic E-state index is 9.48. The fourth-order valence-electron chi connectivity index (χ4n) is 2.73. The van der Waals surface area contributed by atoms with Crippen LogP contribution in [-0.4, -0.2) is 10.1 Å². The van der Waals surface area contributed by atoms with Crippen LogP contribution in [0.15, 0.2) is 73.0 Å². The first-order chi connectivity index (χ1) is 9.84. The Morgan fingerprint density at radius 1 is 1.05 bits per heavy atom. The molecule has 3 rings (SSSR count). The molecule has 1 N–H and O–H groups in total. The Morgan fingerprint density at radius 3 is 2.55 bits per heavy atom. The van der Waals surface area contributed by atoms with E-state index in [2.05, 4.69) is 35.4 Å². The molecule has 100 valence electrons. The van der Waals surface area contributed by atoms with E-state index >= 15 is 0 Å². The summed E-state index contributed by atoms with van der Waals surface area (Å²) in [4.78, 5) is 4.53. The number of aromatic nitrogens is 1. The molecule has 0 bridgehead atoms. The molecule has 0 amide bonds. The summed E-state index contributed by atoms with van der Waals surface area (Å²) in [6.45, 7) is 0. The van der Waals surface area contributed by atoms with Crippen molar-refractivity contribution in [2.75, 3.05) is 0 Å². The van der Waals surface area contributed by atoms with E-state index in [0.29, 0.717) is 11.7 Å². The van der Waals surface area contributed by atoms with Crippen LogP contribution in [0.4, 0.5) is 0 Å². The highest BCUT2D eigenvalue weighted by atomic mass is 16.3. The molecular formula is C18H17NO. The Bertz CT molecular complexity index is 614. The van der Waals surface area contributed by atoms with Crippen LogP contribution < -0.4 is 0 Å². The highest BCUT2D eigenvalue weighted by molar-refractivity contribution is 5.35. The monoisotopic (exact) mass is 263 g/mol. The van der Waals surface area contributed by atoms with Gasteiger partial charge in [0.2, 0.25) is 0 Å². The lowest BCUT2D eigenvalue weighted by Crippen LogP contribution is -2.14. The molecule has 0 radical (unpaired) electrons. The number of allylic oxidation sites excluding steroid dienone is 4. The number of phenols is 1. The fourth-order valence-corrected chi connectivity index (χ4v) is 2.73. The van der Waals surface area contributed by atoms with Crippen LogP contribution >= 0.6 is 0 Å². The van der Waals surface area contributed by atoms with Gasteiger partial charge in [-0.25, -0.2) is 0 Å². The van der Waals surface area contributed by atoms with Gasteiger partial charge in [0.1, 0.15) is 5.75 Å². The van der Waals surface area contributed by atoms with Gasteiger partial charge in [-0.2, -0.15) is 0 Å². The number of nitrogens with zero attached hydrogens (tertiary/aromatic N) is 1. The number of phenolic OH excluding ortho intramolecular Hbond substituents is 1. The molecule has 1 aliphatic rings. The van der Waals surface area contributed by atoms with Crippen molar-refractivity contribution < 1.29 is 5.11 Å². The first kappa shape index (κ1) is 12.7. The van der Waals surface area contributed by atoms with Gasteiger partial charge in [-0.15, -0.1) is 0 Å². The second-order valence-electron chi connectivity index (χ2n) is 5.04. The number of hydrogen-bond donors (Lipinski definition) is 1. The van der Waals surface area contributed by atoms with E-state index in [4.69, 9.17) is 0 Å². The summed E-state index contributed by atoms with van der Waals surface area (Å²) in [6, 6.07) is 13.5. The van der Waals surface area contributed by atoms with Crippen LogP contribution in [0.25, 0.3) is 0 Å². The van der Waals surface area contributed by atoms with Gasteiger partial charge in [0.15, 0.2) is 0 Å². The molecule has 0 saturated heterocycles. The van der Waals surface area contributed by atoms with Crippen molar-refractivity contribution in [1.82, 2.24) is 4.98 Å². The van der Waals surface area contributed by atoms with Gasteiger partial charge < -0.3 is 5.11 Å². The van der Waals surface area contributed by atoms with Gasteiger partial charge in [0.05, 0.1) is 0 Å². The van der Waals surface area contributed by atoms with Gasteiger partial charge in [0.25, 0.3) is 0 Å². The lowest BCUT2D eigenvalue weighted by molar-refractivity contribution is 0.474. The summed E-state index contributed by atoms with van der Waals surface area (Å²) < 4.78 is 0. The van der Waals surface area contributed by atoms with E-state index < -0.39 is 0 Å². The van der Waals surface area contributed by atoms with Crippen LogP contribution in [0.3, 0.4) is 0 Å². The number of benzene rings is 1. The third kappa shape index (κ3) is 2.64. The van der Waals surface area contributed by atoms with Crippen molar-refractivity contribution in [3.8, 4) is 5.75 Å². The lowest BCUT2D eigenvalue weighted by Gasteiger charge is -2.25. The Kier molecular flexibility index (Phi) is 3.64. The average molecular weight is 263 g/mol. The summed E-state index contributed by atoms with van der Waals surface area (Å²) in [5.74, 6) is 0.921.